The highest BCUT2D eigenvalue weighted by molar-refractivity contribution is 5.97. The van der Waals surface area contributed by atoms with E-state index in [1.54, 1.807) is 48.5 Å². The number of benzene rings is 3. The van der Waals surface area contributed by atoms with Gasteiger partial charge in [0.05, 0.1) is 16.5 Å². The second kappa shape index (κ2) is 9.21. The maximum absolute atomic E-state index is 13.7. The van der Waals surface area contributed by atoms with E-state index in [0.29, 0.717) is 11.1 Å². The van der Waals surface area contributed by atoms with E-state index in [1.807, 2.05) is 0 Å². The summed E-state index contributed by atoms with van der Waals surface area (Å²) < 4.78 is 47.0. The van der Waals surface area contributed by atoms with Crippen molar-refractivity contribution in [2.24, 2.45) is 0 Å². The van der Waals surface area contributed by atoms with Crippen molar-refractivity contribution >= 4 is 22.7 Å². The predicted molar refractivity (Wildman–Crippen MR) is 126 cm³/mol. The molecule has 0 aliphatic heterocycles. The first-order chi connectivity index (χ1) is 16.6. The molecule has 0 bridgehead atoms. The highest BCUT2D eigenvalue weighted by Gasteiger charge is 2.33. The number of nitrogens with one attached hydrogen (secondary N) is 1. The third-order valence-electron chi connectivity index (χ3n) is 5.86. The minimum absolute atomic E-state index is 0.0104. The van der Waals surface area contributed by atoms with Crippen LogP contribution >= 0.6 is 0 Å². The fourth-order valence-corrected chi connectivity index (χ4v) is 3.94. The maximum Gasteiger partial charge on any atom is 0.416 e. The van der Waals surface area contributed by atoms with Gasteiger partial charge >= 0.3 is 12.1 Å². The van der Waals surface area contributed by atoms with E-state index in [4.69, 9.17) is 9.83 Å². The average Bonchev–Trinajstić information content (AvgIpc) is 2.83. The molecule has 0 saturated carbocycles. The molecule has 0 fully saturated rings. The van der Waals surface area contributed by atoms with Crippen molar-refractivity contribution in [3.8, 4) is 11.3 Å². The van der Waals surface area contributed by atoms with Crippen molar-refractivity contribution in [2.45, 2.75) is 25.4 Å². The Morgan fingerprint density at radius 3 is 2.34 bits per heavy atom. The number of halogens is 3. The Balaban J connectivity index is 1.87. The number of carboxylic acids is 1. The van der Waals surface area contributed by atoms with Crippen molar-refractivity contribution in [2.75, 3.05) is 0 Å². The largest absolute Gasteiger partial charge is 0.478 e. The SMILES string of the molecule is C[C@@H](C(=N)Cc1ccccc1C(=O)O)c1cc(C(F)(F)F)cc2c(=O)cc(-c3ccccc3)oc12. The normalized spacial score (nSPS) is 12.5. The molecule has 35 heavy (non-hydrogen) atoms. The second-order valence-electron chi connectivity index (χ2n) is 8.17. The third kappa shape index (κ3) is 4.87. The minimum atomic E-state index is -4.72. The summed E-state index contributed by atoms with van der Waals surface area (Å²) >= 11 is 0. The molecule has 0 amide bonds. The highest BCUT2D eigenvalue weighted by atomic mass is 19.4. The van der Waals surface area contributed by atoms with E-state index in [1.165, 1.54) is 13.0 Å². The van der Waals surface area contributed by atoms with Gasteiger partial charge < -0.3 is 14.9 Å². The van der Waals surface area contributed by atoms with Gasteiger partial charge in [-0.05, 0) is 23.8 Å². The van der Waals surface area contributed by atoms with Gasteiger partial charge in [-0.2, -0.15) is 13.2 Å². The fraction of sp³-hybridized carbons (Fsp3) is 0.148. The first kappa shape index (κ1) is 23.9. The summed E-state index contributed by atoms with van der Waals surface area (Å²) in [5, 5.41) is 17.8. The molecule has 1 heterocycles. The van der Waals surface area contributed by atoms with E-state index < -0.39 is 29.1 Å². The number of carboxylic acid groups (broad SMARTS) is 1. The highest BCUT2D eigenvalue weighted by Crippen LogP contribution is 2.37. The summed E-state index contributed by atoms with van der Waals surface area (Å²) in [5.41, 5.74) is -0.730. The van der Waals surface area contributed by atoms with Crippen LogP contribution in [0.3, 0.4) is 0 Å². The summed E-state index contributed by atoms with van der Waals surface area (Å²) in [6.07, 6.45) is -4.81. The first-order valence-electron chi connectivity index (χ1n) is 10.7. The molecule has 0 unspecified atom stereocenters. The first-order valence-corrected chi connectivity index (χ1v) is 10.7. The molecule has 1 aromatic heterocycles. The summed E-state index contributed by atoms with van der Waals surface area (Å²) in [7, 11) is 0. The summed E-state index contributed by atoms with van der Waals surface area (Å²) in [6, 6.07) is 17.6. The second-order valence-corrected chi connectivity index (χ2v) is 8.17. The smallest absolute Gasteiger partial charge is 0.416 e. The Bertz CT molecular complexity index is 1490. The van der Waals surface area contributed by atoms with Crippen LogP contribution in [0.25, 0.3) is 22.3 Å². The molecule has 4 rings (SSSR count). The number of hydrogen-bond acceptors (Lipinski definition) is 4. The van der Waals surface area contributed by atoms with Crippen LogP contribution in [0.5, 0.6) is 0 Å². The molecule has 178 valence electrons. The summed E-state index contributed by atoms with van der Waals surface area (Å²) in [4.78, 5) is 24.4. The van der Waals surface area contributed by atoms with Crippen LogP contribution < -0.4 is 5.43 Å². The average molecular weight is 479 g/mol. The Kier molecular flexibility index (Phi) is 6.30. The van der Waals surface area contributed by atoms with E-state index >= 15 is 0 Å². The van der Waals surface area contributed by atoms with Crippen LogP contribution in [0, 0.1) is 5.41 Å². The fourth-order valence-electron chi connectivity index (χ4n) is 3.94. The lowest BCUT2D eigenvalue weighted by atomic mass is 9.88. The van der Waals surface area contributed by atoms with Crippen molar-refractivity contribution in [3.63, 3.8) is 0 Å². The molecule has 0 aliphatic rings. The monoisotopic (exact) mass is 479 g/mol. The van der Waals surface area contributed by atoms with Gasteiger partial charge in [0.15, 0.2) is 5.43 Å². The van der Waals surface area contributed by atoms with Crippen LogP contribution in [0.2, 0.25) is 0 Å². The zero-order valence-electron chi connectivity index (χ0n) is 18.5. The molecular weight excluding hydrogens is 459 g/mol. The molecule has 8 heteroatoms. The number of rotatable bonds is 6. The lowest BCUT2D eigenvalue weighted by Gasteiger charge is -2.19. The Labute approximate surface area is 198 Å². The molecule has 0 radical (unpaired) electrons. The Hall–Kier alpha value is -4.20. The molecule has 3 aromatic carbocycles. The van der Waals surface area contributed by atoms with Crippen molar-refractivity contribution in [1.29, 1.82) is 5.41 Å². The zero-order chi connectivity index (χ0) is 25.3. The molecule has 0 aliphatic carbocycles. The van der Waals surface area contributed by atoms with Gasteiger partial charge in [0.1, 0.15) is 11.3 Å². The van der Waals surface area contributed by atoms with Gasteiger partial charge in [0, 0.05) is 35.2 Å². The predicted octanol–water partition coefficient (Wildman–Crippen LogP) is 6.54. The van der Waals surface area contributed by atoms with Crippen LogP contribution in [0.4, 0.5) is 13.2 Å². The van der Waals surface area contributed by atoms with Gasteiger partial charge in [-0.15, -0.1) is 0 Å². The lowest BCUT2D eigenvalue weighted by Crippen LogP contribution is -2.16. The standard InChI is InChI=1S/C27H20F3NO4/c1-15(22(31)11-17-9-5-6-10-19(17)26(33)34)20-12-18(27(28,29)30)13-21-23(32)14-24(35-25(20)21)16-7-3-2-4-8-16/h2-10,12-15,31H,11H2,1H3,(H,33,34)/t15-/m1/s1. The summed E-state index contributed by atoms with van der Waals surface area (Å²) in [5.74, 6) is -1.86. The third-order valence-corrected chi connectivity index (χ3v) is 5.86. The number of hydrogen-bond donors (Lipinski definition) is 2. The number of aromatic carboxylic acids is 1. The van der Waals surface area contributed by atoms with Gasteiger partial charge in [0.2, 0.25) is 0 Å². The molecule has 5 nitrogen and oxygen atoms in total. The Morgan fingerprint density at radius 2 is 1.69 bits per heavy atom. The quantitative estimate of drug-likeness (QED) is 0.307. The minimum Gasteiger partial charge on any atom is -0.478 e. The number of fused-ring (bicyclic) bond motifs is 1. The van der Waals surface area contributed by atoms with Crippen LogP contribution in [-0.2, 0) is 12.6 Å². The summed E-state index contributed by atoms with van der Waals surface area (Å²) in [6.45, 7) is 1.54. The van der Waals surface area contributed by atoms with Gasteiger partial charge in [0.25, 0.3) is 0 Å². The van der Waals surface area contributed by atoms with Crippen molar-refractivity contribution < 1.29 is 27.5 Å². The van der Waals surface area contributed by atoms with Gasteiger partial charge in [-0.25, -0.2) is 4.79 Å². The maximum atomic E-state index is 13.7. The number of alkyl halides is 3. The van der Waals surface area contributed by atoms with Crippen LogP contribution in [0.15, 0.2) is 82.0 Å². The molecule has 2 N–H and O–H groups in total. The van der Waals surface area contributed by atoms with Gasteiger partial charge in [-0.1, -0.05) is 55.5 Å². The van der Waals surface area contributed by atoms with E-state index in [-0.39, 0.29) is 40.0 Å². The molecule has 1 atom stereocenters. The molecular formula is C27H20F3NO4. The molecule has 0 saturated heterocycles. The van der Waals surface area contributed by atoms with Gasteiger partial charge in [-0.3, -0.25) is 4.79 Å². The lowest BCUT2D eigenvalue weighted by molar-refractivity contribution is -0.137. The van der Waals surface area contributed by atoms with E-state index in [0.717, 1.165) is 18.2 Å². The van der Waals surface area contributed by atoms with E-state index in [9.17, 15) is 27.9 Å². The van der Waals surface area contributed by atoms with Crippen LogP contribution in [-0.4, -0.2) is 16.8 Å². The van der Waals surface area contributed by atoms with Crippen molar-refractivity contribution in [1.82, 2.24) is 0 Å². The number of carbonyl (C=O) groups is 1. The topological polar surface area (TPSA) is 91.4 Å². The van der Waals surface area contributed by atoms with Crippen molar-refractivity contribution in [3.05, 3.63) is 105 Å². The molecule has 4 aromatic rings. The van der Waals surface area contributed by atoms with E-state index in [2.05, 4.69) is 0 Å². The zero-order valence-corrected chi connectivity index (χ0v) is 18.5. The van der Waals surface area contributed by atoms with Crippen LogP contribution in [0.1, 0.15) is 39.9 Å². The Morgan fingerprint density at radius 1 is 1.03 bits per heavy atom. The molecule has 0 spiro atoms.